The maximum absolute atomic E-state index is 13.1. The van der Waals surface area contributed by atoms with Crippen molar-refractivity contribution in [3.63, 3.8) is 0 Å². The number of pyridine rings is 1. The molecule has 0 atom stereocenters. The van der Waals surface area contributed by atoms with Gasteiger partial charge in [-0.05, 0) is 44.9 Å². The van der Waals surface area contributed by atoms with Gasteiger partial charge in [-0.15, -0.1) is 0 Å². The lowest BCUT2D eigenvalue weighted by atomic mass is 9.96. The van der Waals surface area contributed by atoms with Gasteiger partial charge in [-0.25, -0.2) is 0 Å². The van der Waals surface area contributed by atoms with Gasteiger partial charge in [-0.3, -0.25) is 14.5 Å². The number of ether oxygens (including phenoxy) is 1. The van der Waals surface area contributed by atoms with Gasteiger partial charge >= 0.3 is 0 Å². The highest BCUT2D eigenvalue weighted by Crippen LogP contribution is 2.27. The Balaban J connectivity index is 1.88. The standard InChI is InChI=1S/C18H24N4O2/c1-4-22(16-6-5-9-19-13(16)2)18(23)17-12-15(20-21(17)3)14-7-10-24-11-8-14/h5-6,9,12,14H,4,7-8,10-11H2,1-3H3. The Kier molecular flexibility index (Phi) is 4.94. The lowest BCUT2D eigenvalue weighted by molar-refractivity contribution is 0.0844. The lowest BCUT2D eigenvalue weighted by Gasteiger charge is -2.22. The summed E-state index contributed by atoms with van der Waals surface area (Å²) >= 11 is 0. The first-order valence-electron chi connectivity index (χ1n) is 8.47. The van der Waals surface area contributed by atoms with Crippen LogP contribution in [0.4, 0.5) is 5.69 Å². The van der Waals surface area contributed by atoms with Gasteiger partial charge in [0.1, 0.15) is 5.69 Å². The molecule has 1 amide bonds. The van der Waals surface area contributed by atoms with E-state index in [2.05, 4.69) is 10.1 Å². The number of nitrogens with zero attached hydrogens (tertiary/aromatic N) is 4. The minimum atomic E-state index is -0.0399. The summed E-state index contributed by atoms with van der Waals surface area (Å²) in [4.78, 5) is 19.1. The first-order chi connectivity index (χ1) is 11.6. The zero-order valence-electron chi connectivity index (χ0n) is 14.5. The lowest BCUT2D eigenvalue weighted by Crippen LogP contribution is -2.32. The Labute approximate surface area is 142 Å². The van der Waals surface area contributed by atoms with Crippen LogP contribution in [-0.2, 0) is 11.8 Å². The van der Waals surface area contributed by atoms with E-state index >= 15 is 0 Å². The highest BCUT2D eigenvalue weighted by Gasteiger charge is 2.25. The summed E-state index contributed by atoms with van der Waals surface area (Å²) in [7, 11) is 1.83. The Morgan fingerprint density at radius 1 is 1.42 bits per heavy atom. The highest BCUT2D eigenvalue weighted by molar-refractivity contribution is 6.05. The minimum Gasteiger partial charge on any atom is -0.381 e. The third-order valence-electron chi connectivity index (χ3n) is 4.59. The van der Waals surface area contributed by atoms with E-state index in [9.17, 15) is 4.79 Å². The van der Waals surface area contributed by atoms with Gasteiger partial charge < -0.3 is 9.64 Å². The van der Waals surface area contributed by atoms with Crippen LogP contribution in [0.2, 0.25) is 0 Å². The molecule has 2 aromatic heterocycles. The summed E-state index contributed by atoms with van der Waals surface area (Å²) in [6.45, 7) is 6.01. The number of carbonyl (C=O) groups is 1. The highest BCUT2D eigenvalue weighted by atomic mass is 16.5. The molecule has 0 spiro atoms. The summed E-state index contributed by atoms with van der Waals surface area (Å²) in [6.07, 6.45) is 3.66. The molecule has 0 aromatic carbocycles. The Bertz CT molecular complexity index is 720. The van der Waals surface area contributed by atoms with Crippen LogP contribution >= 0.6 is 0 Å². The monoisotopic (exact) mass is 328 g/mol. The fraction of sp³-hybridized carbons (Fsp3) is 0.500. The molecule has 0 saturated carbocycles. The van der Waals surface area contributed by atoms with E-state index < -0.39 is 0 Å². The van der Waals surface area contributed by atoms with E-state index in [1.54, 1.807) is 15.8 Å². The molecule has 1 fully saturated rings. The second-order valence-corrected chi connectivity index (χ2v) is 6.12. The first kappa shape index (κ1) is 16.6. The molecule has 128 valence electrons. The molecular weight excluding hydrogens is 304 g/mol. The van der Waals surface area contributed by atoms with Gasteiger partial charge in [0.25, 0.3) is 5.91 Å². The fourth-order valence-electron chi connectivity index (χ4n) is 3.21. The van der Waals surface area contributed by atoms with Crippen molar-refractivity contribution in [3.05, 3.63) is 41.5 Å². The average molecular weight is 328 g/mol. The van der Waals surface area contributed by atoms with Crippen molar-refractivity contribution in [2.45, 2.75) is 32.6 Å². The number of anilines is 1. The van der Waals surface area contributed by atoms with Crippen molar-refractivity contribution < 1.29 is 9.53 Å². The van der Waals surface area contributed by atoms with Crippen molar-refractivity contribution >= 4 is 11.6 Å². The molecule has 3 heterocycles. The van der Waals surface area contributed by atoms with Crippen molar-refractivity contribution in [2.24, 2.45) is 7.05 Å². The number of hydrogen-bond acceptors (Lipinski definition) is 4. The van der Waals surface area contributed by atoms with E-state index in [4.69, 9.17) is 4.74 Å². The van der Waals surface area contributed by atoms with Crippen LogP contribution in [0.1, 0.15) is 47.6 Å². The molecule has 0 radical (unpaired) electrons. The van der Waals surface area contributed by atoms with Crippen LogP contribution in [-0.4, -0.2) is 40.4 Å². The van der Waals surface area contributed by atoms with Gasteiger partial charge in [0, 0.05) is 38.9 Å². The second kappa shape index (κ2) is 7.13. The van der Waals surface area contributed by atoms with E-state index in [1.807, 2.05) is 39.1 Å². The van der Waals surface area contributed by atoms with Gasteiger partial charge in [-0.2, -0.15) is 5.10 Å². The first-order valence-corrected chi connectivity index (χ1v) is 8.47. The number of aromatic nitrogens is 3. The summed E-state index contributed by atoms with van der Waals surface area (Å²) in [6, 6.07) is 5.72. The largest absolute Gasteiger partial charge is 0.381 e. The van der Waals surface area contributed by atoms with Crippen LogP contribution in [0.5, 0.6) is 0 Å². The third kappa shape index (κ3) is 3.19. The normalized spacial score (nSPS) is 15.5. The quantitative estimate of drug-likeness (QED) is 0.866. The Hall–Kier alpha value is -2.21. The van der Waals surface area contributed by atoms with Crippen molar-refractivity contribution in [1.29, 1.82) is 0 Å². The molecule has 0 unspecified atom stereocenters. The predicted octanol–water partition coefficient (Wildman–Crippen LogP) is 2.68. The molecule has 6 nitrogen and oxygen atoms in total. The molecule has 0 bridgehead atoms. The minimum absolute atomic E-state index is 0.0399. The Morgan fingerprint density at radius 2 is 2.17 bits per heavy atom. The summed E-state index contributed by atoms with van der Waals surface area (Å²) in [5, 5.41) is 4.59. The molecule has 24 heavy (non-hydrogen) atoms. The van der Waals surface area contributed by atoms with Crippen LogP contribution in [0, 0.1) is 6.92 Å². The van der Waals surface area contributed by atoms with Gasteiger partial charge in [-0.1, -0.05) is 0 Å². The molecule has 6 heteroatoms. The molecule has 3 rings (SSSR count). The van der Waals surface area contributed by atoms with E-state index in [0.29, 0.717) is 18.2 Å². The molecule has 1 aliphatic rings. The smallest absolute Gasteiger partial charge is 0.276 e. The predicted molar refractivity (Wildman–Crippen MR) is 92.3 cm³/mol. The third-order valence-corrected chi connectivity index (χ3v) is 4.59. The zero-order valence-corrected chi connectivity index (χ0v) is 14.5. The Morgan fingerprint density at radius 3 is 2.83 bits per heavy atom. The van der Waals surface area contributed by atoms with E-state index in [0.717, 1.165) is 43.1 Å². The molecule has 0 N–H and O–H groups in total. The number of amides is 1. The molecule has 1 aliphatic heterocycles. The number of hydrogen-bond donors (Lipinski definition) is 0. The van der Waals surface area contributed by atoms with E-state index in [1.165, 1.54) is 0 Å². The van der Waals surface area contributed by atoms with Crippen molar-refractivity contribution in [2.75, 3.05) is 24.7 Å². The summed E-state index contributed by atoms with van der Waals surface area (Å²) in [5.41, 5.74) is 3.29. The summed E-state index contributed by atoms with van der Waals surface area (Å²) < 4.78 is 7.11. The maximum Gasteiger partial charge on any atom is 0.276 e. The number of rotatable bonds is 4. The molecule has 0 aliphatic carbocycles. The number of aryl methyl sites for hydroxylation is 2. The van der Waals surface area contributed by atoms with Crippen molar-refractivity contribution in [3.8, 4) is 0 Å². The van der Waals surface area contributed by atoms with Crippen LogP contribution < -0.4 is 4.90 Å². The zero-order chi connectivity index (χ0) is 17.1. The topological polar surface area (TPSA) is 60.3 Å². The molecule has 2 aromatic rings. The maximum atomic E-state index is 13.1. The van der Waals surface area contributed by atoms with Gasteiger partial charge in [0.05, 0.1) is 17.1 Å². The SMILES string of the molecule is CCN(C(=O)c1cc(C2CCOCC2)nn1C)c1cccnc1C. The van der Waals surface area contributed by atoms with Crippen molar-refractivity contribution in [1.82, 2.24) is 14.8 Å². The van der Waals surface area contributed by atoms with Gasteiger partial charge in [0.2, 0.25) is 0 Å². The molecular formula is C18H24N4O2. The van der Waals surface area contributed by atoms with Crippen LogP contribution in [0.25, 0.3) is 0 Å². The fourth-order valence-corrected chi connectivity index (χ4v) is 3.21. The average Bonchev–Trinajstić information content (AvgIpc) is 3.00. The second-order valence-electron chi connectivity index (χ2n) is 6.12. The summed E-state index contributed by atoms with van der Waals surface area (Å²) in [5.74, 6) is 0.337. The van der Waals surface area contributed by atoms with E-state index in [-0.39, 0.29) is 5.91 Å². The van der Waals surface area contributed by atoms with Crippen LogP contribution in [0.15, 0.2) is 24.4 Å². The van der Waals surface area contributed by atoms with Crippen LogP contribution in [0.3, 0.4) is 0 Å². The molecule has 1 saturated heterocycles. The van der Waals surface area contributed by atoms with Gasteiger partial charge in [0.15, 0.2) is 0 Å². The number of carbonyl (C=O) groups excluding carboxylic acids is 1.